The van der Waals surface area contributed by atoms with Crippen LogP contribution in [-0.2, 0) is 4.13 Å². The van der Waals surface area contributed by atoms with E-state index in [4.69, 9.17) is 4.47 Å². The summed E-state index contributed by atoms with van der Waals surface area (Å²) >= 11 is -1.25. The minimum absolute atomic E-state index is 0.0499. The molecule has 93 valence electrons. The molecular formula is C9H16AmN2O3S. The van der Waals surface area contributed by atoms with Crippen molar-refractivity contribution in [2.75, 3.05) is 5.75 Å². The summed E-state index contributed by atoms with van der Waals surface area (Å²) in [6.45, 7) is 0. The van der Waals surface area contributed by atoms with Crippen LogP contribution in [0.25, 0.3) is 0 Å². The van der Waals surface area contributed by atoms with Gasteiger partial charge in [0.15, 0.2) is 0 Å². The van der Waals surface area contributed by atoms with Gasteiger partial charge in [0.25, 0.3) is 0 Å². The van der Waals surface area contributed by atoms with Crippen molar-refractivity contribution >= 4 is 17.8 Å². The van der Waals surface area contributed by atoms with Crippen molar-refractivity contribution in [2.45, 2.75) is 42.3 Å². The van der Waals surface area contributed by atoms with Gasteiger partial charge in [0.2, 0.25) is 0 Å². The van der Waals surface area contributed by atoms with Crippen molar-refractivity contribution in [2.24, 2.45) is 0 Å². The van der Waals surface area contributed by atoms with Gasteiger partial charge in [0, 0.05) is 0 Å². The number of hydrogen-bond acceptors (Lipinski definition) is 3. The second-order valence-corrected chi connectivity index (χ2v) is 9.43. The van der Waals surface area contributed by atoms with Crippen LogP contribution < -0.4 is 10.6 Å². The van der Waals surface area contributed by atoms with Crippen molar-refractivity contribution in [3.63, 3.8) is 0 Å². The summed E-state index contributed by atoms with van der Waals surface area (Å²) in [7, 11) is 0. The van der Waals surface area contributed by atoms with E-state index in [1.54, 1.807) is 0 Å². The number of urea groups is 1. The number of amides is 2. The van der Waals surface area contributed by atoms with Crippen LogP contribution in [-0.4, -0.2) is 33.6 Å². The van der Waals surface area contributed by atoms with Crippen LogP contribution in [0.4, 0.5) is 4.79 Å². The topological polar surface area (TPSA) is 78.4 Å². The van der Waals surface area contributed by atoms with Crippen LogP contribution in [0, 0.1) is 11.8 Å². The number of carbonyl (C=O) groups is 1. The van der Waals surface area contributed by atoms with Gasteiger partial charge in [0.1, 0.15) is 0 Å². The fraction of sp³-hybridized carbons (Fsp3) is 0.889. The molecule has 2 fully saturated rings. The molecular weight excluding hydrogens is 459 g/mol. The molecule has 2 aliphatic rings. The molecule has 3 atom stereocenters. The van der Waals surface area contributed by atoms with Gasteiger partial charge in [0.05, 0.1) is 0 Å². The molecule has 0 spiro atoms. The van der Waals surface area contributed by atoms with Gasteiger partial charge in [-0.05, 0) is 0 Å². The van der Waals surface area contributed by atoms with Crippen LogP contribution in [0.5, 0.6) is 0 Å². The molecule has 0 aromatic rings. The van der Waals surface area contributed by atoms with Crippen molar-refractivity contribution < 1.29 is 25.2 Å². The van der Waals surface area contributed by atoms with Crippen LogP contribution in [0.1, 0.15) is 19.3 Å². The zero-order chi connectivity index (χ0) is 11.5. The first-order chi connectivity index (χ1) is 7.66. The van der Waals surface area contributed by atoms with E-state index >= 15 is 0 Å². The zero-order valence-electron chi connectivity index (χ0n) is 8.82. The number of nitrogens with one attached hydrogen (secondary N) is 2. The number of fused-ring (bicyclic) bond motifs is 1. The normalized spacial score (nSPS) is 32.1. The zero-order valence-corrected chi connectivity index (χ0v) is 12.8. The molecule has 0 saturated carbocycles. The Hall–Kier alpha value is -0.230. The van der Waals surface area contributed by atoms with E-state index in [9.17, 15) is 8.92 Å². The number of carbonyl (C=O) groups excluding carboxylic acids is 1. The molecule has 2 aliphatic heterocycles. The van der Waals surface area contributed by atoms with E-state index in [0.29, 0.717) is 10.9 Å². The molecule has 2 amide bonds. The van der Waals surface area contributed by atoms with E-state index in [2.05, 4.69) is 10.6 Å². The number of rotatable bonds is 5. The van der Waals surface area contributed by atoms with Gasteiger partial charge in [-0.2, -0.15) is 0 Å². The Morgan fingerprint density at radius 1 is 1.44 bits per heavy atom. The van der Waals surface area contributed by atoms with E-state index in [0.717, 1.165) is 25.0 Å². The number of hydrogen-bond donors (Lipinski definition) is 3. The van der Waals surface area contributed by atoms with Crippen LogP contribution >= 0.6 is 11.8 Å². The first-order valence-electron chi connectivity index (χ1n) is 5.38. The van der Waals surface area contributed by atoms with Gasteiger partial charge < -0.3 is 0 Å². The molecule has 2 heterocycles. The molecule has 0 radical (unpaired) electrons. The summed E-state index contributed by atoms with van der Waals surface area (Å²) in [6.07, 6.45) is 2.88. The van der Waals surface area contributed by atoms with Gasteiger partial charge in [-0.25, -0.2) is 0 Å². The Bertz CT molecular complexity index is 302. The summed E-state index contributed by atoms with van der Waals surface area (Å²) < 4.78 is 19.4. The van der Waals surface area contributed by atoms with Gasteiger partial charge in [-0.1, -0.05) is 0 Å². The first kappa shape index (κ1) is 12.2. The number of thioether (sulfide) groups is 1. The Labute approximate surface area is 102 Å². The van der Waals surface area contributed by atoms with Crippen molar-refractivity contribution in [3.8, 4) is 0 Å². The average molecular weight is 475 g/mol. The monoisotopic (exact) mass is 473 g/mol. The molecule has 2 saturated heterocycles. The van der Waals surface area contributed by atoms with Gasteiger partial charge in [-0.3, -0.25) is 0 Å². The van der Waals surface area contributed by atoms with Crippen molar-refractivity contribution in [3.05, 3.63) is 0 Å². The molecule has 0 aromatic heterocycles. The average Bonchev–Trinajstić information content (AvgIpc) is 2.72. The molecule has 16 heavy (non-hydrogen) atoms. The predicted molar refractivity (Wildman–Crippen MR) is 57.1 cm³/mol. The Balaban J connectivity index is 1.70. The molecule has 7 heteroatoms. The fourth-order valence-electron chi connectivity index (χ4n) is 2.20. The van der Waals surface area contributed by atoms with Gasteiger partial charge >= 0.3 is 102 Å². The first-order valence-corrected chi connectivity index (χ1v) is 11.3. The van der Waals surface area contributed by atoms with Crippen LogP contribution in [0.2, 0.25) is 5.66 Å². The second-order valence-electron chi connectivity index (χ2n) is 4.10. The van der Waals surface area contributed by atoms with Crippen molar-refractivity contribution in [1.82, 2.24) is 10.6 Å². The third-order valence-electron chi connectivity index (χ3n) is 2.97. The quantitative estimate of drug-likeness (QED) is 0.403. The summed E-state index contributed by atoms with van der Waals surface area (Å²) in [5.41, 5.74) is 0.532. The van der Waals surface area contributed by atoms with Crippen molar-refractivity contribution in [1.29, 1.82) is 0 Å². The Kier molecular flexibility index (Phi) is 4.13. The minimum atomic E-state index is -3.14. The molecule has 2 rings (SSSR count). The standard InChI is InChI=1S/C9H15N2OS.Am.H2O.O/c1-2-3-4-7-8-6(5-13-7)10-9(12)11-8;;;/h6-8H,1-5H2,(H2,10,11,12);;1H2;/q;+1;;/p-1/t6-,7-,8-;;;/m0.../s1. The maximum atomic E-state index is 11.1. The van der Waals surface area contributed by atoms with E-state index in [1.807, 2.05) is 11.8 Å². The third kappa shape index (κ3) is 2.91. The van der Waals surface area contributed by atoms with Crippen LogP contribution in [0.3, 0.4) is 0 Å². The van der Waals surface area contributed by atoms with Gasteiger partial charge in [-0.15, -0.1) is 0 Å². The predicted octanol–water partition coefficient (Wildman–Crippen LogP) is 0.614. The SMILES string of the molecule is O=C1N[C@H]2[C@H](CS[C@H]2CCC[CH2][Am](=[O])[OH])N1. The maximum absolute atomic E-state index is 11.1. The van der Waals surface area contributed by atoms with E-state index < -0.39 is 11.8 Å². The fourth-order valence-corrected chi connectivity index (χ4v) is 5.48. The second kappa shape index (κ2) is 5.40. The van der Waals surface area contributed by atoms with Crippen LogP contribution in [0.15, 0.2) is 0 Å². The molecule has 0 bridgehead atoms. The summed E-state index contributed by atoms with van der Waals surface area (Å²) in [4.78, 5) is 11.1. The summed E-state index contributed by atoms with van der Waals surface area (Å²) in [5.74, 6) is 0.983. The Morgan fingerprint density at radius 2 is 2.25 bits per heavy atom. The Morgan fingerprint density at radius 3 is 3.00 bits per heavy atom. The molecule has 0 aromatic carbocycles. The van der Waals surface area contributed by atoms with E-state index in [-0.39, 0.29) is 18.1 Å². The summed E-state index contributed by atoms with van der Waals surface area (Å²) in [6, 6.07) is 0.495. The molecule has 3 N–H and O–H groups in total. The third-order valence-corrected chi connectivity index (χ3v) is 6.94. The molecule has 0 unspecified atom stereocenters. The number of unbranched alkanes of at least 4 members (excludes halogenated alkanes) is 1. The summed E-state index contributed by atoms with van der Waals surface area (Å²) in [5, 5.41) is 6.32. The molecule has 5 nitrogen and oxygen atoms in total. The van der Waals surface area contributed by atoms with E-state index in [1.165, 1.54) is 0 Å². The molecule has 0 aliphatic carbocycles.